The molecular weight excluding hydrogens is 268 g/mol. The van der Waals surface area contributed by atoms with E-state index in [1.54, 1.807) is 54.6 Å². The highest BCUT2D eigenvalue weighted by Crippen LogP contribution is 2.22. The Morgan fingerprint density at radius 3 is 1.94 bits per heavy atom. The van der Waals surface area contributed by atoms with E-state index in [2.05, 4.69) is 0 Å². The van der Waals surface area contributed by atoms with Crippen LogP contribution in [0.5, 0.6) is 0 Å². The van der Waals surface area contributed by atoms with E-state index in [-0.39, 0.29) is 9.93 Å². The highest BCUT2D eigenvalue weighted by molar-refractivity contribution is 7.94. The monoisotopic (exact) mass is 278 g/mol. The zero-order valence-electron chi connectivity index (χ0n) is 9.45. The lowest BCUT2D eigenvalue weighted by Gasteiger charge is -2.01. The van der Waals surface area contributed by atoms with E-state index in [4.69, 9.17) is 11.6 Å². The Morgan fingerprint density at radius 1 is 0.889 bits per heavy atom. The molecule has 0 aliphatic carbocycles. The highest BCUT2D eigenvalue weighted by Gasteiger charge is 2.12. The van der Waals surface area contributed by atoms with Crippen molar-refractivity contribution in [2.75, 3.05) is 0 Å². The molecule has 2 nitrogen and oxygen atoms in total. The summed E-state index contributed by atoms with van der Waals surface area (Å²) in [5.41, 5.74) is 0.679. The molecule has 0 saturated carbocycles. The lowest BCUT2D eigenvalue weighted by atomic mass is 10.2. The average Bonchev–Trinajstić information content (AvgIpc) is 2.40. The number of rotatable bonds is 3. The smallest absolute Gasteiger partial charge is 0.201 e. The van der Waals surface area contributed by atoms with Gasteiger partial charge in [0.1, 0.15) is 0 Å². The fraction of sp³-hybridized carbons (Fsp3) is 0. The summed E-state index contributed by atoms with van der Waals surface area (Å²) in [6.07, 6.45) is 0. The Morgan fingerprint density at radius 2 is 1.39 bits per heavy atom. The van der Waals surface area contributed by atoms with Gasteiger partial charge in [-0.2, -0.15) is 0 Å². The molecule has 0 saturated heterocycles. The second-order valence-corrected chi connectivity index (χ2v) is 5.89. The molecule has 0 atom stereocenters. The Kier molecular flexibility index (Phi) is 3.84. The molecule has 0 aliphatic rings. The van der Waals surface area contributed by atoms with E-state index in [1.807, 2.05) is 6.07 Å². The number of benzene rings is 2. The molecular formula is C14H11ClO2S. The average molecular weight is 279 g/mol. The minimum absolute atomic E-state index is 0.208. The molecule has 0 heterocycles. The third-order valence-electron chi connectivity index (χ3n) is 2.38. The molecule has 0 aromatic heterocycles. The molecule has 0 fully saturated rings. The maximum atomic E-state index is 12.1. The van der Waals surface area contributed by atoms with Crippen LogP contribution in [0.25, 0.3) is 5.03 Å². The van der Waals surface area contributed by atoms with Crippen LogP contribution in [0.15, 0.2) is 71.0 Å². The molecule has 0 bridgehead atoms. The Labute approximate surface area is 111 Å². The maximum absolute atomic E-state index is 12.1. The first-order valence-electron chi connectivity index (χ1n) is 5.32. The van der Waals surface area contributed by atoms with Gasteiger partial charge in [0.2, 0.25) is 9.84 Å². The molecule has 0 unspecified atom stereocenters. The zero-order chi connectivity index (χ0) is 13.0. The van der Waals surface area contributed by atoms with Gasteiger partial charge in [0.15, 0.2) is 0 Å². The van der Waals surface area contributed by atoms with Gasteiger partial charge in [-0.1, -0.05) is 60.1 Å². The molecule has 2 aromatic rings. The third kappa shape index (κ3) is 3.00. The van der Waals surface area contributed by atoms with Crippen molar-refractivity contribution in [3.8, 4) is 0 Å². The summed E-state index contributed by atoms with van der Waals surface area (Å²) in [5, 5.41) is 1.29. The quantitative estimate of drug-likeness (QED) is 0.858. The molecule has 0 amide bonds. The molecule has 0 aliphatic heterocycles. The fourth-order valence-electron chi connectivity index (χ4n) is 1.48. The van der Waals surface area contributed by atoms with E-state index >= 15 is 0 Å². The van der Waals surface area contributed by atoms with Gasteiger partial charge in [0, 0.05) is 0 Å². The van der Waals surface area contributed by atoms with Gasteiger partial charge in [0.25, 0.3) is 0 Å². The van der Waals surface area contributed by atoms with E-state index in [9.17, 15) is 8.42 Å². The van der Waals surface area contributed by atoms with Crippen LogP contribution in [-0.4, -0.2) is 8.42 Å². The Bertz CT molecular complexity index is 647. The van der Waals surface area contributed by atoms with E-state index in [0.29, 0.717) is 5.56 Å². The standard InChI is InChI=1S/C14H11ClO2S/c15-14(12-7-3-1-4-8-12)11-18(16,17)13-9-5-2-6-10-13/h1-11H/b14-11-. The summed E-state index contributed by atoms with van der Waals surface area (Å²) in [4.78, 5) is 0.235. The van der Waals surface area contributed by atoms with Crippen LogP contribution in [0.3, 0.4) is 0 Å². The molecule has 4 heteroatoms. The van der Waals surface area contributed by atoms with Crippen molar-refractivity contribution in [3.63, 3.8) is 0 Å². The number of sulfone groups is 1. The van der Waals surface area contributed by atoms with Crippen LogP contribution >= 0.6 is 11.6 Å². The Balaban J connectivity index is 2.39. The second kappa shape index (κ2) is 5.38. The maximum Gasteiger partial charge on any atom is 0.201 e. The summed E-state index contributed by atoms with van der Waals surface area (Å²) in [7, 11) is -3.50. The summed E-state index contributed by atoms with van der Waals surface area (Å²) in [5.74, 6) is 0. The zero-order valence-corrected chi connectivity index (χ0v) is 11.0. The van der Waals surface area contributed by atoms with Crippen molar-refractivity contribution in [1.29, 1.82) is 0 Å². The van der Waals surface area contributed by atoms with Crippen molar-refractivity contribution in [2.24, 2.45) is 0 Å². The molecule has 0 spiro atoms. The number of hydrogen-bond acceptors (Lipinski definition) is 2. The Hall–Kier alpha value is -1.58. The minimum Gasteiger partial charge on any atom is -0.219 e. The van der Waals surface area contributed by atoms with Gasteiger partial charge in [-0.05, 0) is 17.7 Å². The minimum atomic E-state index is -3.50. The van der Waals surface area contributed by atoms with Crippen LogP contribution in [0.1, 0.15) is 5.56 Å². The van der Waals surface area contributed by atoms with Gasteiger partial charge < -0.3 is 0 Å². The molecule has 2 rings (SSSR count). The SMILES string of the molecule is O=S(=O)(/C=C(\Cl)c1ccccc1)c1ccccc1. The molecule has 2 aromatic carbocycles. The molecule has 92 valence electrons. The van der Waals surface area contributed by atoms with Gasteiger partial charge in [0.05, 0.1) is 15.3 Å². The van der Waals surface area contributed by atoms with E-state index in [1.165, 1.54) is 0 Å². The van der Waals surface area contributed by atoms with Crippen LogP contribution in [0.4, 0.5) is 0 Å². The highest BCUT2D eigenvalue weighted by atomic mass is 35.5. The molecule has 0 radical (unpaired) electrons. The van der Waals surface area contributed by atoms with Crippen LogP contribution in [0.2, 0.25) is 0 Å². The van der Waals surface area contributed by atoms with Gasteiger partial charge in [-0.3, -0.25) is 0 Å². The lowest BCUT2D eigenvalue weighted by molar-refractivity contribution is 0.605. The van der Waals surface area contributed by atoms with Crippen LogP contribution in [-0.2, 0) is 9.84 Å². The van der Waals surface area contributed by atoms with E-state index in [0.717, 1.165) is 5.41 Å². The first kappa shape index (κ1) is 12.9. The van der Waals surface area contributed by atoms with Gasteiger partial charge in [-0.25, -0.2) is 8.42 Å². The first-order chi connectivity index (χ1) is 8.59. The van der Waals surface area contributed by atoms with Crippen LogP contribution < -0.4 is 0 Å². The summed E-state index contributed by atoms with van der Waals surface area (Å²) >= 11 is 6.02. The lowest BCUT2D eigenvalue weighted by Crippen LogP contribution is -1.96. The largest absolute Gasteiger partial charge is 0.219 e. The number of halogens is 1. The van der Waals surface area contributed by atoms with Gasteiger partial charge in [-0.15, -0.1) is 0 Å². The summed E-state index contributed by atoms with van der Waals surface area (Å²) < 4.78 is 24.1. The van der Waals surface area contributed by atoms with Crippen molar-refractivity contribution < 1.29 is 8.42 Å². The molecule has 18 heavy (non-hydrogen) atoms. The predicted octanol–water partition coefficient (Wildman–Crippen LogP) is 3.70. The van der Waals surface area contributed by atoms with Crippen molar-refractivity contribution in [3.05, 3.63) is 71.6 Å². The van der Waals surface area contributed by atoms with Gasteiger partial charge >= 0.3 is 0 Å². The van der Waals surface area contributed by atoms with Crippen molar-refractivity contribution in [2.45, 2.75) is 4.90 Å². The summed E-state index contributed by atoms with van der Waals surface area (Å²) in [6, 6.07) is 17.2. The molecule has 0 N–H and O–H groups in total. The summed E-state index contributed by atoms with van der Waals surface area (Å²) in [6.45, 7) is 0. The first-order valence-corrected chi connectivity index (χ1v) is 7.25. The fourth-order valence-corrected chi connectivity index (χ4v) is 3.04. The normalized spacial score (nSPS) is 12.4. The van der Waals surface area contributed by atoms with Crippen molar-refractivity contribution in [1.82, 2.24) is 0 Å². The second-order valence-electron chi connectivity index (χ2n) is 3.69. The third-order valence-corrected chi connectivity index (χ3v) is 4.31. The topological polar surface area (TPSA) is 34.1 Å². The van der Waals surface area contributed by atoms with Crippen LogP contribution in [0, 0.1) is 0 Å². The predicted molar refractivity (Wildman–Crippen MR) is 73.9 cm³/mol. The van der Waals surface area contributed by atoms with Crippen molar-refractivity contribution >= 4 is 26.5 Å². The van der Waals surface area contributed by atoms with E-state index < -0.39 is 9.84 Å². The number of hydrogen-bond donors (Lipinski definition) is 0.